The average Bonchev–Trinajstić information content (AvgIpc) is 2.82. The summed E-state index contributed by atoms with van der Waals surface area (Å²) in [4.78, 5) is 25.3. The summed E-state index contributed by atoms with van der Waals surface area (Å²) >= 11 is 0. The number of amides is 1. The molecule has 0 atom stereocenters. The van der Waals surface area contributed by atoms with Gasteiger partial charge >= 0.3 is 6.09 Å². The molecular formula is C23H28N2O8S. The third kappa shape index (κ3) is 6.39. The summed E-state index contributed by atoms with van der Waals surface area (Å²) in [5, 5.41) is 14.8. The fourth-order valence-electron chi connectivity index (χ4n) is 3.69. The third-order valence-corrected chi connectivity index (χ3v) is 6.35. The molecule has 0 spiro atoms. The van der Waals surface area contributed by atoms with Crippen molar-refractivity contribution in [2.45, 2.75) is 30.6 Å². The van der Waals surface area contributed by atoms with Crippen molar-refractivity contribution in [2.75, 3.05) is 33.4 Å². The van der Waals surface area contributed by atoms with E-state index in [-0.39, 0.29) is 53.9 Å². The van der Waals surface area contributed by atoms with Crippen LogP contribution in [0.3, 0.4) is 0 Å². The monoisotopic (exact) mass is 492 g/mol. The quantitative estimate of drug-likeness (QED) is 0.360. The second-order valence-corrected chi connectivity index (χ2v) is 9.29. The molecule has 2 aromatic rings. The summed E-state index contributed by atoms with van der Waals surface area (Å²) in [6.07, 6.45) is 0.477. The van der Waals surface area contributed by atoms with E-state index in [2.05, 4.69) is 0 Å². The molecule has 184 valence electrons. The molecule has 3 N–H and O–H groups in total. The SMILES string of the molecule is COc1ccccc1CCN(CCCCC(=O)c1cc2c(c(S(N)(=O)=O)c1)OCCO2)C(=O)O. The van der Waals surface area contributed by atoms with Crippen LogP contribution in [0.25, 0.3) is 0 Å². The van der Waals surface area contributed by atoms with E-state index in [1.54, 1.807) is 7.11 Å². The number of ketones is 1. The van der Waals surface area contributed by atoms with Gasteiger partial charge in [-0.25, -0.2) is 18.4 Å². The molecular weight excluding hydrogens is 464 g/mol. The number of para-hydroxylation sites is 1. The van der Waals surface area contributed by atoms with E-state index in [1.807, 2.05) is 24.3 Å². The first kappa shape index (κ1) is 25.3. The number of nitrogens with two attached hydrogens (primary N) is 1. The lowest BCUT2D eigenvalue weighted by Gasteiger charge is -2.21. The largest absolute Gasteiger partial charge is 0.496 e. The van der Waals surface area contributed by atoms with Crippen molar-refractivity contribution in [3.63, 3.8) is 0 Å². The van der Waals surface area contributed by atoms with Crippen molar-refractivity contribution < 1.29 is 37.3 Å². The van der Waals surface area contributed by atoms with Crippen LogP contribution >= 0.6 is 0 Å². The molecule has 0 aromatic heterocycles. The van der Waals surface area contributed by atoms with Crippen molar-refractivity contribution >= 4 is 21.9 Å². The summed E-state index contributed by atoms with van der Waals surface area (Å²) in [7, 11) is -2.55. The zero-order valence-electron chi connectivity index (χ0n) is 18.9. The predicted molar refractivity (Wildman–Crippen MR) is 123 cm³/mol. The van der Waals surface area contributed by atoms with Gasteiger partial charge in [0.15, 0.2) is 17.3 Å². The number of unbranched alkanes of at least 4 members (excludes halogenated alkanes) is 1. The predicted octanol–water partition coefficient (Wildman–Crippen LogP) is 2.69. The summed E-state index contributed by atoms with van der Waals surface area (Å²) in [5.41, 5.74) is 1.07. The molecule has 0 saturated heterocycles. The molecule has 3 rings (SSSR count). The molecule has 1 heterocycles. The Morgan fingerprint density at radius 1 is 1.12 bits per heavy atom. The number of Topliss-reactive ketones (excluding diaryl/α,β-unsaturated/α-hetero) is 1. The topological polar surface area (TPSA) is 145 Å². The lowest BCUT2D eigenvalue weighted by atomic mass is 10.0. The number of methoxy groups -OCH3 is 1. The summed E-state index contributed by atoms with van der Waals surface area (Å²) in [5.74, 6) is 0.585. The van der Waals surface area contributed by atoms with E-state index >= 15 is 0 Å². The second kappa shape index (κ2) is 11.2. The molecule has 34 heavy (non-hydrogen) atoms. The Morgan fingerprint density at radius 3 is 2.56 bits per heavy atom. The Bertz CT molecular complexity index is 1150. The lowest BCUT2D eigenvalue weighted by molar-refractivity contribution is 0.0976. The van der Waals surface area contributed by atoms with Crippen LogP contribution in [0.5, 0.6) is 17.2 Å². The molecule has 0 aliphatic carbocycles. The van der Waals surface area contributed by atoms with E-state index in [4.69, 9.17) is 19.3 Å². The number of nitrogens with zero attached hydrogens (tertiary/aromatic N) is 1. The molecule has 2 aromatic carbocycles. The molecule has 0 bridgehead atoms. The number of carbonyl (C=O) groups excluding carboxylic acids is 1. The molecule has 1 aliphatic rings. The van der Waals surface area contributed by atoms with Crippen LogP contribution in [0.15, 0.2) is 41.3 Å². The molecule has 1 aliphatic heterocycles. The number of hydrogen-bond donors (Lipinski definition) is 2. The summed E-state index contributed by atoms with van der Waals surface area (Å²) in [6, 6.07) is 10.1. The maximum Gasteiger partial charge on any atom is 0.407 e. The average molecular weight is 493 g/mol. The van der Waals surface area contributed by atoms with E-state index < -0.39 is 16.1 Å². The normalized spacial score (nSPS) is 12.8. The van der Waals surface area contributed by atoms with E-state index in [9.17, 15) is 23.1 Å². The van der Waals surface area contributed by atoms with Gasteiger partial charge in [-0.1, -0.05) is 18.2 Å². The van der Waals surface area contributed by atoms with Crippen LogP contribution in [0, 0.1) is 0 Å². The number of hydrogen-bond acceptors (Lipinski definition) is 7. The van der Waals surface area contributed by atoms with Gasteiger partial charge < -0.3 is 24.2 Å². The number of carbonyl (C=O) groups is 2. The van der Waals surface area contributed by atoms with Crippen molar-refractivity contribution in [3.05, 3.63) is 47.5 Å². The molecule has 11 heteroatoms. The van der Waals surface area contributed by atoms with Crippen LogP contribution in [0.4, 0.5) is 4.79 Å². The summed E-state index contributed by atoms with van der Waals surface area (Å²) < 4.78 is 40.0. The van der Waals surface area contributed by atoms with Crippen LogP contribution in [0.2, 0.25) is 0 Å². The van der Waals surface area contributed by atoms with Crippen LogP contribution < -0.4 is 19.3 Å². The lowest BCUT2D eigenvalue weighted by Crippen LogP contribution is -2.32. The van der Waals surface area contributed by atoms with Gasteiger partial charge in [0.1, 0.15) is 23.9 Å². The number of ether oxygens (including phenoxy) is 3. The third-order valence-electron chi connectivity index (χ3n) is 5.43. The first-order chi connectivity index (χ1) is 16.2. The number of primary sulfonamides is 1. The van der Waals surface area contributed by atoms with Gasteiger partial charge in [0.25, 0.3) is 0 Å². The van der Waals surface area contributed by atoms with Crippen molar-refractivity contribution in [3.8, 4) is 17.2 Å². The highest BCUT2D eigenvalue weighted by Crippen LogP contribution is 2.37. The molecule has 0 fully saturated rings. The number of carboxylic acid groups (broad SMARTS) is 1. The highest BCUT2D eigenvalue weighted by Gasteiger charge is 2.25. The smallest absolute Gasteiger partial charge is 0.407 e. The Kier molecular flexibility index (Phi) is 8.35. The van der Waals surface area contributed by atoms with Gasteiger partial charge in [0.2, 0.25) is 10.0 Å². The highest BCUT2D eigenvalue weighted by molar-refractivity contribution is 7.89. The van der Waals surface area contributed by atoms with Crippen LogP contribution in [-0.2, 0) is 16.4 Å². The first-order valence-electron chi connectivity index (χ1n) is 10.8. The Balaban J connectivity index is 1.57. The Hall–Kier alpha value is -3.31. The fourth-order valence-corrected chi connectivity index (χ4v) is 4.40. The maximum absolute atomic E-state index is 12.7. The van der Waals surface area contributed by atoms with E-state index in [1.165, 1.54) is 17.0 Å². The summed E-state index contributed by atoms with van der Waals surface area (Å²) in [6.45, 7) is 0.972. The van der Waals surface area contributed by atoms with Gasteiger partial charge in [0, 0.05) is 25.1 Å². The zero-order valence-corrected chi connectivity index (χ0v) is 19.7. The van der Waals surface area contributed by atoms with Gasteiger partial charge in [0.05, 0.1) is 7.11 Å². The van der Waals surface area contributed by atoms with Crippen LogP contribution in [-0.4, -0.2) is 63.7 Å². The molecule has 0 unspecified atom stereocenters. The fraction of sp³-hybridized carbons (Fsp3) is 0.391. The van der Waals surface area contributed by atoms with Crippen molar-refractivity contribution in [2.24, 2.45) is 5.14 Å². The van der Waals surface area contributed by atoms with Crippen molar-refractivity contribution in [1.29, 1.82) is 0 Å². The van der Waals surface area contributed by atoms with E-state index in [0.717, 1.165) is 5.56 Å². The van der Waals surface area contributed by atoms with E-state index in [0.29, 0.717) is 31.6 Å². The van der Waals surface area contributed by atoms with Gasteiger partial charge in [-0.3, -0.25) is 4.79 Å². The van der Waals surface area contributed by atoms with Gasteiger partial charge in [-0.05, 0) is 43.0 Å². The van der Waals surface area contributed by atoms with Gasteiger partial charge in [-0.2, -0.15) is 0 Å². The maximum atomic E-state index is 12.7. The Labute approximate surface area is 198 Å². The standard InChI is InChI=1S/C23H28N2O8S/c1-31-19-8-3-2-6-16(19)9-11-25(23(27)28)10-5-4-7-18(26)17-14-20-22(33-13-12-32-20)21(15-17)34(24,29)30/h2-3,6,8,14-15H,4-5,7,9-13H2,1H3,(H,27,28)(H2,24,29,30). The number of sulfonamides is 1. The molecule has 0 radical (unpaired) electrons. The molecule has 10 nitrogen and oxygen atoms in total. The minimum Gasteiger partial charge on any atom is -0.496 e. The second-order valence-electron chi connectivity index (χ2n) is 7.76. The Morgan fingerprint density at radius 2 is 1.85 bits per heavy atom. The van der Waals surface area contributed by atoms with Crippen molar-refractivity contribution in [1.82, 2.24) is 4.90 Å². The minimum atomic E-state index is -4.12. The number of rotatable bonds is 11. The van der Waals surface area contributed by atoms with Gasteiger partial charge in [-0.15, -0.1) is 0 Å². The number of fused-ring (bicyclic) bond motifs is 1. The molecule has 1 amide bonds. The highest BCUT2D eigenvalue weighted by atomic mass is 32.2. The first-order valence-corrected chi connectivity index (χ1v) is 12.3. The minimum absolute atomic E-state index is 0.0115. The molecule has 0 saturated carbocycles. The zero-order chi connectivity index (χ0) is 24.7. The van der Waals surface area contributed by atoms with Crippen LogP contribution in [0.1, 0.15) is 35.2 Å². The number of benzene rings is 2.